The van der Waals surface area contributed by atoms with Crippen molar-refractivity contribution in [1.29, 1.82) is 0 Å². The average molecular weight is 617 g/mol. The summed E-state index contributed by atoms with van der Waals surface area (Å²) in [5.74, 6) is -0.294. The first-order valence-electron chi connectivity index (χ1n) is 15.0. The van der Waals surface area contributed by atoms with E-state index in [9.17, 15) is 19.5 Å². The number of rotatable bonds is 12. The summed E-state index contributed by atoms with van der Waals surface area (Å²) in [6.07, 6.45) is 0.242. The van der Waals surface area contributed by atoms with E-state index in [0.717, 1.165) is 22.0 Å². The van der Waals surface area contributed by atoms with E-state index in [1.807, 2.05) is 78.9 Å². The number of nitrogens with zero attached hydrogens (tertiary/aromatic N) is 2. The molecule has 234 valence electrons. The first-order valence-corrected chi connectivity index (χ1v) is 15.0. The van der Waals surface area contributed by atoms with Gasteiger partial charge in [0.2, 0.25) is 0 Å². The average Bonchev–Trinajstić information content (AvgIpc) is 3.10. The number of carbonyl (C=O) groups is 3. The lowest BCUT2D eigenvalue weighted by atomic mass is 9.93. The zero-order valence-electron chi connectivity index (χ0n) is 26.1. The fourth-order valence-electron chi connectivity index (χ4n) is 5.59. The largest absolute Gasteiger partial charge is 0.497 e. The summed E-state index contributed by atoms with van der Waals surface area (Å²) in [4.78, 5) is 43.0. The first-order chi connectivity index (χ1) is 22.3. The van der Waals surface area contributed by atoms with Crippen LogP contribution < -0.4 is 14.4 Å². The summed E-state index contributed by atoms with van der Waals surface area (Å²) in [5, 5.41) is 11.4. The minimum Gasteiger partial charge on any atom is -0.497 e. The highest BCUT2D eigenvalue weighted by Gasteiger charge is 2.24. The first kappa shape index (κ1) is 31.8. The summed E-state index contributed by atoms with van der Waals surface area (Å²) in [6.45, 7) is 0.287. The number of aliphatic carboxylic acids is 1. The van der Waals surface area contributed by atoms with Crippen LogP contribution in [0.1, 0.15) is 32.7 Å². The molecule has 0 saturated carbocycles. The van der Waals surface area contributed by atoms with Gasteiger partial charge < -0.3 is 24.4 Å². The quantitative estimate of drug-likeness (QED) is 0.163. The van der Waals surface area contributed by atoms with Gasteiger partial charge in [-0.1, -0.05) is 72.8 Å². The van der Waals surface area contributed by atoms with Gasteiger partial charge in [0.05, 0.1) is 26.3 Å². The molecule has 46 heavy (non-hydrogen) atoms. The van der Waals surface area contributed by atoms with Gasteiger partial charge in [-0.15, -0.1) is 0 Å². The standard InChI is InChI=1S/C38H36N2O6/c1-39(35-18-10-12-27-11-4-5-13-30(27)35)37(43)33-16-8-6-14-31(33)32-15-7-9-17-34(32)38(44)40(22-20-36(41)42)21-19-26-23-28(45-2)25-29(24-26)46-3/h4-18,23-25H,19-22H2,1-3H3,(H,41,42). The molecule has 2 amide bonds. The van der Waals surface area contributed by atoms with Crippen LogP contribution in [0.15, 0.2) is 109 Å². The SMILES string of the molecule is COc1cc(CCN(CCC(=O)O)C(=O)c2ccccc2-c2ccccc2C(=O)N(C)c2cccc3ccccc23)cc(OC)c1. The Morgan fingerprint density at radius 2 is 1.24 bits per heavy atom. The second kappa shape index (κ2) is 14.4. The number of amides is 2. The fraction of sp³-hybridized carbons (Fsp3) is 0.184. The van der Waals surface area contributed by atoms with Crippen LogP contribution >= 0.6 is 0 Å². The molecule has 8 nitrogen and oxygen atoms in total. The number of fused-ring (bicyclic) bond motifs is 1. The van der Waals surface area contributed by atoms with Crippen LogP contribution in [0.4, 0.5) is 5.69 Å². The summed E-state index contributed by atoms with van der Waals surface area (Å²) < 4.78 is 10.8. The van der Waals surface area contributed by atoms with Crippen molar-refractivity contribution in [3.8, 4) is 22.6 Å². The Bertz CT molecular complexity index is 1860. The number of anilines is 1. The molecule has 1 N–H and O–H groups in total. The van der Waals surface area contributed by atoms with Gasteiger partial charge in [-0.05, 0) is 58.8 Å². The monoisotopic (exact) mass is 616 g/mol. The van der Waals surface area contributed by atoms with Gasteiger partial charge in [0.1, 0.15) is 11.5 Å². The van der Waals surface area contributed by atoms with Crippen LogP contribution in [0, 0.1) is 0 Å². The Labute approximate surface area is 268 Å². The van der Waals surface area contributed by atoms with Crippen molar-refractivity contribution in [3.63, 3.8) is 0 Å². The van der Waals surface area contributed by atoms with Gasteiger partial charge in [0, 0.05) is 42.7 Å². The molecule has 0 atom stereocenters. The molecule has 8 heteroatoms. The van der Waals surface area contributed by atoms with Crippen molar-refractivity contribution < 1.29 is 29.0 Å². The molecule has 0 spiro atoms. The number of methoxy groups -OCH3 is 2. The second-order valence-corrected chi connectivity index (χ2v) is 10.9. The van der Waals surface area contributed by atoms with Gasteiger partial charge in [0.15, 0.2) is 0 Å². The lowest BCUT2D eigenvalue weighted by Gasteiger charge is -2.25. The van der Waals surface area contributed by atoms with Gasteiger partial charge >= 0.3 is 5.97 Å². The molecule has 0 heterocycles. The summed E-state index contributed by atoms with van der Waals surface area (Å²) in [5.41, 5.74) is 3.68. The van der Waals surface area contributed by atoms with Crippen LogP contribution in [0.3, 0.4) is 0 Å². The Hall–Kier alpha value is -5.63. The topological polar surface area (TPSA) is 96.4 Å². The molecule has 0 bridgehead atoms. The summed E-state index contributed by atoms with van der Waals surface area (Å²) >= 11 is 0. The van der Waals surface area contributed by atoms with E-state index in [1.165, 1.54) is 0 Å². The zero-order valence-corrected chi connectivity index (χ0v) is 26.1. The number of hydrogen-bond acceptors (Lipinski definition) is 5. The van der Waals surface area contributed by atoms with E-state index in [2.05, 4.69) is 0 Å². The number of benzene rings is 5. The minimum absolute atomic E-state index is 0.0218. The van der Waals surface area contributed by atoms with Crippen molar-refractivity contribution in [1.82, 2.24) is 4.90 Å². The van der Waals surface area contributed by atoms with E-state index < -0.39 is 5.97 Å². The number of carboxylic acid groups (broad SMARTS) is 1. The number of carbonyl (C=O) groups excluding carboxylic acids is 2. The number of ether oxygens (including phenoxy) is 2. The van der Waals surface area contributed by atoms with E-state index in [1.54, 1.807) is 61.4 Å². The Morgan fingerprint density at radius 3 is 1.87 bits per heavy atom. The van der Waals surface area contributed by atoms with Crippen LogP contribution in [0.5, 0.6) is 11.5 Å². The number of hydrogen-bond donors (Lipinski definition) is 1. The Morgan fingerprint density at radius 1 is 0.674 bits per heavy atom. The lowest BCUT2D eigenvalue weighted by molar-refractivity contribution is -0.137. The number of carboxylic acids is 1. The molecule has 0 unspecified atom stereocenters. The van der Waals surface area contributed by atoms with Crippen molar-refractivity contribution in [3.05, 3.63) is 126 Å². The molecule has 5 rings (SSSR count). The zero-order chi connectivity index (χ0) is 32.6. The third-order valence-electron chi connectivity index (χ3n) is 8.00. The molecule has 0 aliphatic heterocycles. The third-order valence-corrected chi connectivity index (χ3v) is 8.00. The molecule has 0 aliphatic carbocycles. The van der Waals surface area contributed by atoms with E-state index in [-0.39, 0.29) is 31.3 Å². The molecule has 0 saturated heterocycles. The lowest BCUT2D eigenvalue weighted by Crippen LogP contribution is -2.35. The molecule has 0 radical (unpaired) electrons. The molecular weight excluding hydrogens is 580 g/mol. The maximum Gasteiger partial charge on any atom is 0.305 e. The predicted molar refractivity (Wildman–Crippen MR) is 180 cm³/mol. The van der Waals surface area contributed by atoms with Crippen LogP contribution in [0.2, 0.25) is 0 Å². The van der Waals surface area contributed by atoms with Crippen LogP contribution in [-0.2, 0) is 11.2 Å². The van der Waals surface area contributed by atoms with Crippen molar-refractivity contribution >= 4 is 34.2 Å². The maximum absolute atomic E-state index is 14.2. The van der Waals surface area contributed by atoms with Crippen LogP contribution in [0.25, 0.3) is 21.9 Å². The van der Waals surface area contributed by atoms with Gasteiger partial charge in [-0.3, -0.25) is 14.4 Å². The van der Waals surface area contributed by atoms with Gasteiger partial charge in [-0.2, -0.15) is 0 Å². The Balaban J connectivity index is 1.48. The van der Waals surface area contributed by atoms with Crippen LogP contribution in [-0.4, -0.2) is 62.1 Å². The fourth-order valence-corrected chi connectivity index (χ4v) is 5.59. The minimum atomic E-state index is -0.999. The van der Waals surface area contributed by atoms with E-state index in [0.29, 0.717) is 40.2 Å². The van der Waals surface area contributed by atoms with E-state index >= 15 is 0 Å². The van der Waals surface area contributed by atoms with Gasteiger partial charge in [-0.25, -0.2) is 0 Å². The maximum atomic E-state index is 14.2. The molecule has 0 fully saturated rings. The highest BCUT2D eigenvalue weighted by atomic mass is 16.5. The van der Waals surface area contributed by atoms with Gasteiger partial charge in [0.25, 0.3) is 11.8 Å². The second-order valence-electron chi connectivity index (χ2n) is 10.9. The van der Waals surface area contributed by atoms with E-state index in [4.69, 9.17) is 9.47 Å². The normalized spacial score (nSPS) is 10.8. The highest BCUT2D eigenvalue weighted by Crippen LogP contribution is 2.32. The highest BCUT2D eigenvalue weighted by molar-refractivity contribution is 6.14. The molecular formula is C38H36N2O6. The molecule has 5 aromatic carbocycles. The van der Waals surface area contributed by atoms with Crippen molar-refractivity contribution in [2.45, 2.75) is 12.8 Å². The summed E-state index contributed by atoms with van der Waals surface area (Å²) in [6, 6.07) is 33.6. The molecule has 0 aromatic heterocycles. The molecule has 0 aliphatic rings. The van der Waals surface area contributed by atoms with Crippen molar-refractivity contribution in [2.24, 2.45) is 0 Å². The predicted octanol–water partition coefficient (Wildman–Crippen LogP) is 6.96. The third kappa shape index (κ3) is 7.02. The summed E-state index contributed by atoms with van der Waals surface area (Å²) in [7, 11) is 4.89. The van der Waals surface area contributed by atoms with Crippen molar-refractivity contribution in [2.75, 3.05) is 39.3 Å². The smallest absolute Gasteiger partial charge is 0.305 e. The Kier molecular flexibility index (Phi) is 9.97. The molecule has 5 aromatic rings.